The van der Waals surface area contributed by atoms with Crippen molar-refractivity contribution in [2.24, 2.45) is 0 Å². The Morgan fingerprint density at radius 1 is 1.21 bits per heavy atom. The number of carbonyl (C=O) groups excluding carboxylic acids is 1. The van der Waals surface area contributed by atoms with Gasteiger partial charge in [0.25, 0.3) is 0 Å². The Morgan fingerprint density at radius 2 is 2.11 bits per heavy atom. The Morgan fingerprint density at radius 3 is 2.89 bits per heavy atom. The molecule has 0 saturated heterocycles. The van der Waals surface area contributed by atoms with Crippen LogP contribution in [-0.4, -0.2) is 39.1 Å². The van der Waals surface area contributed by atoms with Crippen LogP contribution in [0.2, 0.25) is 0 Å². The highest BCUT2D eigenvalue weighted by atomic mass is 16.5. The third-order valence-electron chi connectivity index (χ3n) is 5.17. The standard InChI is InChI=1S/C20H20N6O2/c1-12-9-25(11-21-12)20-23-15-5-3-4-14(15)19(24-20)26-10-18(27)22-16-8-13(28-2)6-7-17(16)26/h6-9,11H,3-5,10H2,1-2H3,(H,22,27). The fourth-order valence-electron chi connectivity index (χ4n) is 3.85. The average Bonchev–Trinajstić information content (AvgIpc) is 3.34. The molecule has 2 aliphatic rings. The van der Waals surface area contributed by atoms with Crippen LogP contribution < -0.4 is 15.0 Å². The Hall–Kier alpha value is -3.42. The molecule has 0 atom stereocenters. The predicted octanol–water partition coefficient (Wildman–Crippen LogP) is 2.56. The van der Waals surface area contributed by atoms with Crippen LogP contribution in [0.1, 0.15) is 23.4 Å². The van der Waals surface area contributed by atoms with E-state index in [2.05, 4.69) is 10.3 Å². The zero-order valence-electron chi connectivity index (χ0n) is 15.8. The molecule has 2 aromatic heterocycles. The van der Waals surface area contributed by atoms with E-state index in [4.69, 9.17) is 14.7 Å². The van der Waals surface area contributed by atoms with Crippen LogP contribution in [0.3, 0.4) is 0 Å². The van der Waals surface area contributed by atoms with E-state index in [-0.39, 0.29) is 12.5 Å². The van der Waals surface area contributed by atoms with Gasteiger partial charge in [-0.25, -0.2) is 9.97 Å². The summed E-state index contributed by atoms with van der Waals surface area (Å²) >= 11 is 0. The maximum Gasteiger partial charge on any atom is 0.244 e. The van der Waals surface area contributed by atoms with Gasteiger partial charge < -0.3 is 15.0 Å². The third-order valence-corrected chi connectivity index (χ3v) is 5.17. The van der Waals surface area contributed by atoms with E-state index in [9.17, 15) is 4.79 Å². The van der Waals surface area contributed by atoms with Crippen molar-refractivity contribution in [1.82, 2.24) is 19.5 Å². The molecule has 8 heteroatoms. The number of nitrogens with zero attached hydrogens (tertiary/aromatic N) is 5. The lowest BCUT2D eigenvalue weighted by molar-refractivity contribution is -0.115. The van der Waals surface area contributed by atoms with Gasteiger partial charge in [-0.15, -0.1) is 0 Å². The Labute approximate surface area is 162 Å². The summed E-state index contributed by atoms with van der Waals surface area (Å²) in [5, 5.41) is 2.93. The maximum absolute atomic E-state index is 12.4. The van der Waals surface area contributed by atoms with Crippen molar-refractivity contribution >= 4 is 23.1 Å². The number of rotatable bonds is 3. The zero-order valence-corrected chi connectivity index (χ0v) is 15.8. The molecule has 142 valence electrons. The van der Waals surface area contributed by atoms with Crippen LogP contribution in [0.5, 0.6) is 5.75 Å². The lowest BCUT2D eigenvalue weighted by Crippen LogP contribution is -2.36. The molecule has 0 bridgehead atoms. The molecule has 3 aromatic rings. The second kappa shape index (κ2) is 6.33. The molecule has 0 fully saturated rings. The van der Waals surface area contributed by atoms with Crippen LogP contribution in [-0.2, 0) is 17.6 Å². The predicted molar refractivity (Wildman–Crippen MR) is 105 cm³/mol. The molecule has 1 amide bonds. The Bertz CT molecular complexity index is 1090. The van der Waals surface area contributed by atoms with Crippen molar-refractivity contribution in [3.63, 3.8) is 0 Å². The molecule has 3 heterocycles. The molecule has 5 rings (SSSR count). The van der Waals surface area contributed by atoms with E-state index in [1.165, 1.54) is 0 Å². The van der Waals surface area contributed by atoms with Crippen molar-refractivity contribution in [1.29, 1.82) is 0 Å². The van der Waals surface area contributed by atoms with Crippen LogP contribution in [0.4, 0.5) is 17.2 Å². The van der Waals surface area contributed by atoms with E-state index < -0.39 is 0 Å². The number of anilines is 3. The zero-order chi connectivity index (χ0) is 19.3. The normalized spacial score (nSPS) is 15.2. The smallest absolute Gasteiger partial charge is 0.244 e. The molecular weight excluding hydrogens is 356 g/mol. The highest BCUT2D eigenvalue weighted by Crippen LogP contribution is 2.40. The Balaban J connectivity index is 1.67. The summed E-state index contributed by atoms with van der Waals surface area (Å²) < 4.78 is 7.13. The second-order valence-electron chi connectivity index (χ2n) is 7.07. The van der Waals surface area contributed by atoms with Gasteiger partial charge in [-0.05, 0) is 38.3 Å². The summed E-state index contributed by atoms with van der Waals surface area (Å²) in [7, 11) is 1.61. The van der Waals surface area contributed by atoms with Crippen LogP contribution >= 0.6 is 0 Å². The fourth-order valence-corrected chi connectivity index (χ4v) is 3.85. The number of nitrogens with one attached hydrogen (secondary N) is 1. The van der Waals surface area contributed by atoms with Crippen molar-refractivity contribution < 1.29 is 9.53 Å². The van der Waals surface area contributed by atoms with Gasteiger partial charge in [-0.3, -0.25) is 9.36 Å². The van der Waals surface area contributed by atoms with Crippen molar-refractivity contribution in [3.8, 4) is 11.7 Å². The first kappa shape index (κ1) is 16.7. The topological polar surface area (TPSA) is 85.2 Å². The lowest BCUT2D eigenvalue weighted by atomic mass is 10.1. The summed E-state index contributed by atoms with van der Waals surface area (Å²) in [5.41, 5.74) is 4.70. The third kappa shape index (κ3) is 2.69. The van der Waals surface area contributed by atoms with E-state index in [0.717, 1.165) is 53.4 Å². The van der Waals surface area contributed by atoms with Crippen LogP contribution in [0.15, 0.2) is 30.7 Å². The number of aryl methyl sites for hydroxylation is 2. The van der Waals surface area contributed by atoms with Crippen molar-refractivity contribution in [3.05, 3.63) is 47.7 Å². The van der Waals surface area contributed by atoms with E-state index in [1.54, 1.807) is 13.4 Å². The van der Waals surface area contributed by atoms with E-state index in [1.807, 2.05) is 40.8 Å². The van der Waals surface area contributed by atoms with Crippen molar-refractivity contribution in [2.45, 2.75) is 26.2 Å². The molecule has 8 nitrogen and oxygen atoms in total. The van der Waals surface area contributed by atoms with Crippen molar-refractivity contribution in [2.75, 3.05) is 23.9 Å². The van der Waals surface area contributed by atoms with Gasteiger partial charge in [0.1, 0.15) is 24.4 Å². The number of amides is 1. The molecule has 1 aromatic carbocycles. The van der Waals surface area contributed by atoms with Gasteiger partial charge in [-0.1, -0.05) is 0 Å². The molecule has 28 heavy (non-hydrogen) atoms. The molecule has 1 aliphatic carbocycles. The molecular formula is C20H20N6O2. The number of benzene rings is 1. The summed E-state index contributed by atoms with van der Waals surface area (Å²) in [5.74, 6) is 2.00. The fraction of sp³-hybridized carbons (Fsp3) is 0.300. The monoisotopic (exact) mass is 376 g/mol. The molecule has 0 spiro atoms. The summed E-state index contributed by atoms with van der Waals surface area (Å²) in [6.07, 6.45) is 6.50. The van der Waals surface area contributed by atoms with Gasteiger partial charge in [0.05, 0.1) is 29.9 Å². The first-order valence-electron chi connectivity index (χ1n) is 9.28. The number of ether oxygens (including phenoxy) is 1. The summed E-state index contributed by atoms with van der Waals surface area (Å²) in [6.45, 7) is 2.15. The number of hydrogen-bond donors (Lipinski definition) is 1. The minimum Gasteiger partial charge on any atom is -0.497 e. The van der Waals surface area contributed by atoms with Gasteiger partial charge in [0.15, 0.2) is 0 Å². The number of hydrogen-bond acceptors (Lipinski definition) is 6. The van der Waals surface area contributed by atoms with Gasteiger partial charge in [-0.2, -0.15) is 4.98 Å². The van der Waals surface area contributed by atoms with Gasteiger partial charge in [0.2, 0.25) is 11.9 Å². The number of carbonyl (C=O) groups is 1. The second-order valence-corrected chi connectivity index (χ2v) is 7.07. The minimum atomic E-state index is -0.0777. The van der Waals surface area contributed by atoms with Gasteiger partial charge in [0, 0.05) is 17.8 Å². The molecule has 0 unspecified atom stereocenters. The lowest BCUT2D eigenvalue weighted by Gasteiger charge is -2.31. The largest absolute Gasteiger partial charge is 0.497 e. The first-order valence-corrected chi connectivity index (χ1v) is 9.28. The highest BCUT2D eigenvalue weighted by Gasteiger charge is 2.30. The van der Waals surface area contributed by atoms with E-state index >= 15 is 0 Å². The molecule has 1 N–H and O–H groups in total. The summed E-state index contributed by atoms with van der Waals surface area (Å²) in [4.78, 5) is 28.3. The average molecular weight is 376 g/mol. The maximum atomic E-state index is 12.4. The quantitative estimate of drug-likeness (QED) is 0.756. The Kier molecular flexibility index (Phi) is 3.78. The molecule has 1 aliphatic heterocycles. The highest BCUT2D eigenvalue weighted by molar-refractivity contribution is 6.03. The number of aromatic nitrogens is 4. The van der Waals surface area contributed by atoms with Crippen LogP contribution in [0, 0.1) is 6.92 Å². The first-order chi connectivity index (χ1) is 13.6. The molecule has 0 radical (unpaired) electrons. The van der Waals surface area contributed by atoms with E-state index in [0.29, 0.717) is 11.7 Å². The summed E-state index contributed by atoms with van der Waals surface area (Å²) in [6, 6.07) is 5.68. The van der Waals surface area contributed by atoms with Crippen LogP contribution in [0.25, 0.3) is 5.95 Å². The number of methoxy groups -OCH3 is 1. The molecule has 0 saturated carbocycles. The number of imidazole rings is 1. The minimum absolute atomic E-state index is 0.0777. The van der Waals surface area contributed by atoms with Gasteiger partial charge >= 0.3 is 0 Å². The SMILES string of the molecule is COc1ccc2c(c1)NC(=O)CN2c1nc(-n2cnc(C)c2)nc2c1CCC2. The number of fused-ring (bicyclic) bond motifs is 2.